The minimum absolute atomic E-state index is 0.0182. The third-order valence-electron chi connectivity index (χ3n) is 7.39. The molecule has 0 radical (unpaired) electrons. The van der Waals surface area contributed by atoms with Crippen molar-refractivity contribution < 1.29 is 9.72 Å². The first-order chi connectivity index (χ1) is 19.5. The summed E-state index contributed by atoms with van der Waals surface area (Å²) in [6.07, 6.45) is 4.04. The van der Waals surface area contributed by atoms with E-state index in [2.05, 4.69) is 40.3 Å². The third-order valence-corrected chi connectivity index (χ3v) is 7.39. The minimum Gasteiger partial charge on any atom is -0.354 e. The Bertz CT molecular complexity index is 1580. The summed E-state index contributed by atoms with van der Waals surface area (Å²) in [6, 6.07) is 35.3. The number of aryl methyl sites for hydroxylation is 1. The van der Waals surface area contributed by atoms with E-state index in [4.69, 9.17) is 0 Å². The van der Waals surface area contributed by atoms with Gasteiger partial charge in [0.05, 0.1) is 4.92 Å². The summed E-state index contributed by atoms with van der Waals surface area (Å²) < 4.78 is 2.13. The van der Waals surface area contributed by atoms with Gasteiger partial charge < -0.3 is 9.88 Å². The van der Waals surface area contributed by atoms with Gasteiger partial charge in [-0.25, -0.2) is 0 Å². The molecule has 0 saturated heterocycles. The number of fused-ring (bicyclic) bond motifs is 1. The SMILES string of the molecule is C[C@@H](CCc1ccccc1)NC(=O)C[C@@H](c1ccccc1)c1cn(Cc2ccccc2)c2ccc([N+](=O)[O-])cc12. The Hall–Kier alpha value is -4.71. The number of nitrogens with one attached hydrogen (secondary N) is 1. The minimum atomic E-state index is -0.365. The van der Waals surface area contributed by atoms with Crippen LogP contribution in [0.15, 0.2) is 115 Å². The van der Waals surface area contributed by atoms with Gasteiger partial charge in [-0.1, -0.05) is 91.0 Å². The van der Waals surface area contributed by atoms with Crippen LogP contribution in [0.5, 0.6) is 0 Å². The molecule has 0 aliphatic heterocycles. The summed E-state index contributed by atoms with van der Waals surface area (Å²) >= 11 is 0. The lowest BCUT2D eigenvalue weighted by atomic mass is 9.88. The Labute approximate surface area is 234 Å². The Morgan fingerprint density at radius 2 is 1.50 bits per heavy atom. The van der Waals surface area contributed by atoms with Crippen LogP contribution in [0.4, 0.5) is 5.69 Å². The Kier molecular flexibility index (Phi) is 8.35. The van der Waals surface area contributed by atoms with E-state index >= 15 is 0 Å². The zero-order valence-corrected chi connectivity index (χ0v) is 22.6. The molecule has 0 aliphatic carbocycles. The van der Waals surface area contributed by atoms with E-state index < -0.39 is 0 Å². The van der Waals surface area contributed by atoms with Crippen molar-refractivity contribution >= 4 is 22.5 Å². The first kappa shape index (κ1) is 26.9. The van der Waals surface area contributed by atoms with Crippen molar-refractivity contribution in [2.45, 2.75) is 44.7 Å². The fraction of sp³-hybridized carbons (Fsp3) is 0.206. The van der Waals surface area contributed by atoms with Crippen molar-refractivity contribution in [3.8, 4) is 0 Å². The van der Waals surface area contributed by atoms with Crippen molar-refractivity contribution in [1.82, 2.24) is 9.88 Å². The summed E-state index contributed by atoms with van der Waals surface area (Å²) in [6.45, 7) is 2.66. The number of non-ortho nitro benzene ring substituents is 1. The molecular formula is C34H33N3O3. The van der Waals surface area contributed by atoms with Gasteiger partial charge in [-0.05, 0) is 48.1 Å². The maximum Gasteiger partial charge on any atom is 0.270 e. The van der Waals surface area contributed by atoms with Crippen LogP contribution in [0.3, 0.4) is 0 Å². The smallest absolute Gasteiger partial charge is 0.270 e. The first-order valence-corrected chi connectivity index (χ1v) is 13.7. The largest absolute Gasteiger partial charge is 0.354 e. The molecule has 2 atom stereocenters. The van der Waals surface area contributed by atoms with Gasteiger partial charge in [0.1, 0.15) is 0 Å². The van der Waals surface area contributed by atoms with E-state index in [0.29, 0.717) is 6.54 Å². The van der Waals surface area contributed by atoms with Gasteiger partial charge in [-0.2, -0.15) is 0 Å². The maximum absolute atomic E-state index is 13.4. The quantitative estimate of drug-likeness (QED) is 0.144. The summed E-state index contributed by atoms with van der Waals surface area (Å²) in [5.41, 5.74) is 5.23. The molecule has 6 heteroatoms. The van der Waals surface area contributed by atoms with Crippen molar-refractivity contribution in [3.63, 3.8) is 0 Å². The van der Waals surface area contributed by atoms with Crippen LogP contribution in [-0.2, 0) is 17.8 Å². The lowest BCUT2D eigenvalue weighted by Crippen LogP contribution is -2.33. The lowest BCUT2D eigenvalue weighted by Gasteiger charge is -2.20. The first-order valence-electron chi connectivity index (χ1n) is 13.7. The molecule has 4 aromatic carbocycles. The summed E-state index contributed by atoms with van der Waals surface area (Å²) in [5, 5.41) is 15.7. The highest BCUT2D eigenvalue weighted by molar-refractivity contribution is 5.88. The van der Waals surface area contributed by atoms with Crippen LogP contribution < -0.4 is 5.32 Å². The monoisotopic (exact) mass is 531 g/mol. The highest BCUT2D eigenvalue weighted by atomic mass is 16.6. The third kappa shape index (κ3) is 6.46. The number of nitro benzene ring substituents is 1. The van der Waals surface area contributed by atoms with E-state index in [1.54, 1.807) is 12.1 Å². The van der Waals surface area contributed by atoms with Crippen LogP contribution in [0.2, 0.25) is 0 Å². The van der Waals surface area contributed by atoms with Gasteiger partial charge in [-0.3, -0.25) is 14.9 Å². The molecule has 0 spiro atoms. The number of hydrogen-bond acceptors (Lipinski definition) is 3. The van der Waals surface area contributed by atoms with Crippen LogP contribution >= 0.6 is 0 Å². The molecule has 1 amide bonds. The van der Waals surface area contributed by atoms with Gasteiger partial charge in [0.15, 0.2) is 0 Å². The van der Waals surface area contributed by atoms with Crippen molar-refractivity contribution in [2.75, 3.05) is 0 Å². The second kappa shape index (κ2) is 12.4. The van der Waals surface area contributed by atoms with Crippen LogP contribution in [0.1, 0.15) is 47.9 Å². The highest BCUT2D eigenvalue weighted by Crippen LogP contribution is 2.36. The number of carbonyl (C=O) groups is 1. The van der Waals surface area contributed by atoms with Gasteiger partial charge in [0.2, 0.25) is 5.91 Å². The number of nitrogens with zero attached hydrogens (tertiary/aromatic N) is 2. The summed E-state index contributed by atoms with van der Waals surface area (Å²) in [7, 11) is 0. The molecule has 1 heterocycles. The Morgan fingerprint density at radius 3 is 2.15 bits per heavy atom. The van der Waals surface area contributed by atoms with Gasteiger partial charge in [0, 0.05) is 54.2 Å². The molecule has 6 nitrogen and oxygen atoms in total. The van der Waals surface area contributed by atoms with Crippen LogP contribution in [0.25, 0.3) is 10.9 Å². The second-order valence-corrected chi connectivity index (χ2v) is 10.3. The van der Waals surface area contributed by atoms with Crippen LogP contribution in [-0.4, -0.2) is 21.4 Å². The number of nitro groups is 1. The number of benzene rings is 4. The predicted molar refractivity (Wildman–Crippen MR) is 159 cm³/mol. The number of hydrogen-bond donors (Lipinski definition) is 1. The molecule has 5 rings (SSSR count). The molecular weight excluding hydrogens is 498 g/mol. The molecule has 202 valence electrons. The lowest BCUT2D eigenvalue weighted by molar-refractivity contribution is -0.384. The van der Waals surface area contributed by atoms with Crippen LogP contribution in [0, 0.1) is 10.1 Å². The number of rotatable bonds is 11. The zero-order chi connectivity index (χ0) is 27.9. The van der Waals surface area contributed by atoms with Gasteiger partial charge in [0.25, 0.3) is 5.69 Å². The molecule has 0 unspecified atom stereocenters. The molecule has 1 aromatic heterocycles. The van der Waals surface area contributed by atoms with E-state index in [9.17, 15) is 14.9 Å². The molecule has 0 aliphatic rings. The fourth-order valence-corrected chi connectivity index (χ4v) is 5.33. The molecule has 0 saturated carbocycles. The standard InChI is InChI=1S/C34H33N3O3/c1-25(17-18-26-11-5-2-6-12-26)35-34(38)22-30(28-15-9-4-10-16-28)32-24-36(23-27-13-7-3-8-14-27)33-20-19-29(37(39)40)21-31(32)33/h2-16,19-21,24-25,30H,17-18,22-23H2,1H3,(H,35,38)/t25-,30-/m0/s1. The average Bonchev–Trinajstić information content (AvgIpc) is 3.33. The maximum atomic E-state index is 13.4. The van der Waals surface area contributed by atoms with E-state index in [-0.39, 0.29) is 34.9 Å². The molecule has 0 bridgehead atoms. The molecule has 40 heavy (non-hydrogen) atoms. The molecule has 1 N–H and O–H groups in total. The predicted octanol–water partition coefficient (Wildman–Crippen LogP) is 7.26. The molecule has 5 aromatic rings. The van der Waals surface area contributed by atoms with Crippen molar-refractivity contribution in [3.05, 3.63) is 148 Å². The summed E-state index contributed by atoms with van der Waals surface area (Å²) in [4.78, 5) is 24.7. The highest BCUT2D eigenvalue weighted by Gasteiger charge is 2.25. The van der Waals surface area contributed by atoms with Crippen molar-refractivity contribution in [1.29, 1.82) is 0 Å². The van der Waals surface area contributed by atoms with Gasteiger partial charge in [-0.15, -0.1) is 0 Å². The Morgan fingerprint density at radius 1 is 0.875 bits per heavy atom. The number of aromatic nitrogens is 1. The van der Waals surface area contributed by atoms with Gasteiger partial charge >= 0.3 is 0 Å². The fourth-order valence-electron chi connectivity index (χ4n) is 5.33. The van der Waals surface area contributed by atoms with Crippen molar-refractivity contribution in [2.24, 2.45) is 0 Å². The molecule has 0 fully saturated rings. The topological polar surface area (TPSA) is 77.2 Å². The van der Waals surface area contributed by atoms with E-state index in [0.717, 1.165) is 40.4 Å². The number of amides is 1. The van der Waals surface area contributed by atoms with E-state index in [1.807, 2.05) is 79.7 Å². The van der Waals surface area contributed by atoms with E-state index in [1.165, 1.54) is 5.56 Å². The zero-order valence-electron chi connectivity index (χ0n) is 22.6. The second-order valence-electron chi connectivity index (χ2n) is 10.3. The number of carbonyl (C=O) groups excluding carboxylic acids is 1. The summed E-state index contributed by atoms with van der Waals surface area (Å²) in [5.74, 6) is -0.298. The normalized spacial score (nSPS) is 12.6. The average molecular weight is 532 g/mol. The Balaban J connectivity index is 1.46.